The molecule has 4 rings (SSSR count). The van der Waals surface area contributed by atoms with E-state index in [0.717, 1.165) is 42.1 Å². The molecule has 1 amide bonds. The van der Waals surface area contributed by atoms with Crippen molar-refractivity contribution < 1.29 is 4.79 Å². The van der Waals surface area contributed by atoms with Crippen LogP contribution in [0.1, 0.15) is 25.7 Å². The summed E-state index contributed by atoms with van der Waals surface area (Å²) in [6, 6.07) is 14.9. The Morgan fingerprint density at radius 3 is 2.60 bits per heavy atom. The van der Waals surface area contributed by atoms with Crippen LogP contribution in [0.25, 0.3) is 10.8 Å². The molecule has 0 unspecified atom stereocenters. The lowest BCUT2D eigenvalue weighted by Gasteiger charge is -2.46. The summed E-state index contributed by atoms with van der Waals surface area (Å²) >= 11 is 0. The van der Waals surface area contributed by atoms with Gasteiger partial charge in [0.1, 0.15) is 0 Å². The minimum absolute atomic E-state index is 0.109. The van der Waals surface area contributed by atoms with Crippen molar-refractivity contribution in [2.75, 3.05) is 38.0 Å². The molecule has 0 bridgehead atoms. The number of piperidine rings is 1. The lowest BCUT2D eigenvalue weighted by molar-refractivity contribution is -0.117. The van der Waals surface area contributed by atoms with Crippen LogP contribution in [0.4, 0.5) is 5.69 Å². The van der Waals surface area contributed by atoms with Crippen LogP contribution in [0.3, 0.4) is 0 Å². The van der Waals surface area contributed by atoms with Crippen LogP contribution in [0.5, 0.6) is 0 Å². The average Bonchev–Trinajstić information content (AvgIpc) is 2.62. The van der Waals surface area contributed by atoms with Gasteiger partial charge in [-0.3, -0.25) is 14.6 Å². The maximum atomic E-state index is 12.3. The van der Waals surface area contributed by atoms with E-state index in [1.165, 1.54) is 32.4 Å². The molecule has 2 fully saturated rings. The number of hydrogen-bond acceptors (Lipinski definition) is 3. The Balaban J connectivity index is 1.25. The van der Waals surface area contributed by atoms with Gasteiger partial charge < -0.3 is 5.32 Å². The van der Waals surface area contributed by atoms with Crippen molar-refractivity contribution in [3.63, 3.8) is 0 Å². The maximum absolute atomic E-state index is 12.3. The average molecular weight is 337 g/mol. The third-order valence-corrected chi connectivity index (χ3v) is 5.56. The van der Waals surface area contributed by atoms with Crippen LogP contribution < -0.4 is 5.32 Å². The zero-order valence-corrected chi connectivity index (χ0v) is 14.8. The third-order valence-electron chi connectivity index (χ3n) is 5.56. The van der Waals surface area contributed by atoms with E-state index in [0.29, 0.717) is 6.42 Å². The molecule has 2 heterocycles. The number of fused-ring (bicyclic) bond motifs is 1. The highest BCUT2D eigenvalue weighted by atomic mass is 16.1. The van der Waals surface area contributed by atoms with Crippen LogP contribution in [-0.4, -0.2) is 54.5 Å². The zero-order valence-electron chi connectivity index (χ0n) is 14.8. The van der Waals surface area contributed by atoms with Crippen molar-refractivity contribution in [2.45, 2.75) is 31.7 Å². The third kappa shape index (κ3) is 3.86. The lowest BCUT2D eigenvalue weighted by Crippen LogP contribution is -2.60. The van der Waals surface area contributed by atoms with Gasteiger partial charge in [-0.2, -0.15) is 0 Å². The first-order valence-corrected chi connectivity index (χ1v) is 9.53. The van der Waals surface area contributed by atoms with Crippen LogP contribution in [0.2, 0.25) is 0 Å². The Bertz CT molecular complexity index is 728. The summed E-state index contributed by atoms with van der Waals surface area (Å²) in [5.41, 5.74) is 0.915. The van der Waals surface area contributed by atoms with Crippen molar-refractivity contribution in [1.29, 1.82) is 0 Å². The first-order valence-electron chi connectivity index (χ1n) is 9.53. The number of nitrogens with one attached hydrogen (secondary N) is 1. The normalized spacial score (nSPS) is 19.7. The number of anilines is 1. The Hall–Kier alpha value is -1.91. The number of benzene rings is 2. The van der Waals surface area contributed by atoms with E-state index in [2.05, 4.69) is 33.3 Å². The number of nitrogens with zero attached hydrogens (tertiary/aromatic N) is 2. The van der Waals surface area contributed by atoms with Crippen molar-refractivity contribution >= 4 is 22.4 Å². The van der Waals surface area contributed by atoms with E-state index >= 15 is 0 Å². The molecule has 4 heteroatoms. The highest BCUT2D eigenvalue weighted by Crippen LogP contribution is 2.23. The number of carbonyl (C=O) groups is 1. The van der Waals surface area contributed by atoms with Gasteiger partial charge in [0.25, 0.3) is 0 Å². The van der Waals surface area contributed by atoms with Crippen LogP contribution >= 0.6 is 0 Å². The monoisotopic (exact) mass is 337 g/mol. The van der Waals surface area contributed by atoms with Crippen molar-refractivity contribution in [1.82, 2.24) is 9.80 Å². The number of carbonyl (C=O) groups excluding carboxylic acids is 1. The minimum Gasteiger partial charge on any atom is -0.325 e. The molecule has 0 aliphatic carbocycles. The Labute approximate surface area is 149 Å². The van der Waals surface area contributed by atoms with Gasteiger partial charge in [0.2, 0.25) is 5.91 Å². The molecule has 132 valence electrons. The molecular weight excluding hydrogens is 310 g/mol. The molecule has 0 aromatic heterocycles. The van der Waals surface area contributed by atoms with Crippen molar-refractivity contribution in [2.24, 2.45) is 0 Å². The standard InChI is InChI=1S/C21H27N3O/c25-21(22-20-10-6-8-17-7-2-3-9-19(17)20)11-14-23-15-18(16-23)24-12-4-1-5-13-24/h2-3,6-10,18H,1,4-5,11-16H2,(H,22,25). The number of rotatable bonds is 5. The molecule has 0 saturated carbocycles. The fourth-order valence-electron chi connectivity index (χ4n) is 4.05. The summed E-state index contributed by atoms with van der Waals surface area (Å²) in [5.74, 6) is 0.109. The van der Waals surface area contributed by atoms with Crippen molar-refractivity contribution in [3.05, 3.63) is 42.5 Å². The molecule has 0 radical (unpaired) electrons. The Kier molecular flexibility index (Phi) is 4.99. The summed E-state index contributed by atoms with van der Waals surface area (Å²) in [6.45, 7) is 5.64. The van der Waals surface area contributed by atoms with E-state index in [1.807, 2.05) is 24.3 Å². The van der Waals surface area contributed by atoms with E-state index in [4.69, 9.17) is 0 Å². The molecule has 2 aromatic carbocycles. The second-order valence-electron chi connectivity index (χ2n) is 7.33. The van der Waals surface area contributed by atoms with Gasteiger partial charge in [-0.15, -0.1) is 0 Å². The topological polar surface area (TPSA) is 35.6 Å². The molecule has 2 aliphatic heterocycles. The number of amides is 1. The predicted molar refractivity (Wildman–Crippen MR) is 103 cm³/mol. The summed E-state index contributed by atoms with van der Waals surface area (Å²) in [5, 5.41) is 5.35. The zero-order chi connectivity index (χ0) is 17.1. The molecular formula is C21H27N3O. The lowest BCUT2D eigenvalue weighted by atomic mass is 10.0. The Morgan fingerprint density at radius 1 is 1.00 bits per heavy atom. The van der Waals surface area contributed by atoms with Gasteiger partial charge in [-0.25, -0.2) is 0 Å². The van der Waals surface area contributed by atoms with E-state index in [9.17, 15) is 4.79 Å². The summed E-state index contributed by atoms with van der Waals surface area (Å²) in [4.78, 5) is 17.4. The van der Waals surface area contributed by atoms with Gasteiger partial charge in [-0.05, 0) is 37.4 Å². The van der Waals surface area contributed by atoms with Gasteiger partial charge in [0.05, 0.1) is 0 Å². The van der Waals surface area contributed by atoms with Crippen molar-refractivity contribution in [3.8, 4) is 0 Å². The molecule has 2 saturated heterocycles. The Morgan fingerprint density at radius 2 is 1.76 bits per heavy atom. The minimum atomic E-state index is 0.109. The fraction of sp³-hybridized carbons (Fsp3) is 0.476. The second kappa shape index (κ2) is 7.54. The smallest absolute Gasteiger partial charge is 0.225 e. The highest BCUT2D eigenvalue weighted by molar-refractivity contribution is 6.02. The van der Waals surface area contributed by atoms with Gasteiger partial charge in [0, 0.05) is 43.2 Å². The first kappa shape index (κ1) is 16.6. The summed E-state index contributed by atoms with van der Waals surface area (Å²) in [7, 11) is 0. The predicted octanol–water partition coefficient (Wildman–Crippen LogP) is 3.34. The number of hydrogen-bond donors (Lipinski definition) is 1. The van der Waals surface area contributed by atoms with E-state index in [1.54, 1.807) is 0 Å². The first-order chi connectivity index (χ1) is 12.3. The quantitative estimate of drug-likeness (QED) is 0.909. The SMILES string of the molecule is O=C(CCN1CC(N2CCCCC2)C1)Nc1cccc2ccccc12. The van der Waals surface area contributed by atoms with E-state index in [-0.39, 0.29) is 5.91 Å². The van der Waals surface area contributed by atoms with E-state index < -0.39 is 0 Å². The molecule has 1 N–H and O–H groups in total. The number of likely N-dealkylation sites (tertiary alicyclic amines) is 2. The van der Waals surface area contributed by atoms with Crippen LogP contribution in [-0.2, 0) is 4.79 Å². The second-order valence-corrected chi connectivity index (χ2v) is 7.33. The molecule has 2 aliphatic rings. The summed E-state index contributed by atoms with van der Waals surface area (Å²) < 4.78 is 0. The van der Waals surface area contributed by atoms with Gasteiger partial charge in [-0.1, -0.05) is 42.8 Å². The summed E-state index contributed by atoms with van der Waals surface area (Å²) in [6.07, 6.45) is 4.66. The molecule has 25 heavy (non-hydrogen) atoms. The van der Waals surface area contributed by atoms with Crippen LogP contribution in [0.15, 0.2) is 42.5 Å². The van der Waals surface area contributed by atoms with Gasteiger partial charge in [0.15, 0.2) is 0 Å². The maximum Gasteiger partial charge on any atom is 0.225 e. The molecule has 2 aromatic rings. The highest BCUT2D eigenvalue weighted by Gasteiger charge is 2.32. The fourth-order valence-corrected chi connectivity index (χ4v) is 4.05. The van der Waals surface area contributed by atoms with Crippen LogP contribution in [0, 0.1) is 0 Å². The molecule has 4 nitrogen and oxygen atoms in total. The largest absolute Gasteiger partial charge is 0.325 e. The molecule has 0 spiro atoms. The molecule has 0 atom stereocenters. The van der Waals surface area contributed by atoms with Gasteiger partial charge >= 0.3 is 0 Å².